The fourth-order valence-electron chi connectivity index (χ4n) is 2.69. The summed E-state index contributed by atoms with van der Waals surface area (Å²) in [7, 11) is 0. The Hall–Kier alpha value is -2.71. The minimum absolute atomic E-state index is 0.0900. The molecule has 2 aromatic rings. The number of carbonyl (C=O) groups excluding carboxylic acids is 1. The van der Waals surface area contributed by atoms with E-state index >= 15 is 0 Å². The summed E-state index contributed by atoms with van der Waals surface area (Å²) in [6, 6.07) is 11.7. The highest BCUT2D eigenvalue weighted by Gasteiger charge is 2.31. The number of thioether (sulfide) groups is 1. The van der Waals surface area contributed by atoms with Gasteiger partial charge < -0.3 is 4.74 Å². The fraction of sp³-hybridized carbons (Fsp3) is 0.0500. The molecule has 8 heteroatoms. The van der Waals surface area contributed by atoms with Crippen molar-refractivity contribution in [2.24, 2.45) is 4.99 Å². The van der Waals surface area contributed by atoms with E-state index in [1.54, 1.807) is 59.0 Å². The first-order chi connectivity index (χ1) is 13.5. The zero-order valence-corrected chi connectivity index (χ0v) is 16.8. The van der Waals surface area contributed by atoms with Crippen molar-refractivity contribution in [1.82, 2.24) is 4.90 Å². The molecule has 0 fully saturated rings. The molecule has 4 rings (SSSR count). The molecule has 0 atom stereocenters. The van der Waals surface area contributed by atoms with Gasteiger partial charge >= 0.3 is 0 Å². The molecule has 0 saturated heterocycles. The van der Waals surface area contributed by atoms with Gasteiger partial charge in [0.15, 0.2) is 5.17 Å². The van der Waals surface area contributed by atoms with Gasteiger partial charge in [-0.1, -0.05) is 36.0 Å². The van der Waals surface area contributed by atoms with Crippen molar-refractivity contribution in [3.63, 3.8) is 0 Å². The predicted octanol–water partition coefficient (Wildman–Crippen LogP) is 4.94. The van der Waals surface area contributed by atoms with Gasteiger partial charge in [0.2, 0.25) is 0 Å². The molecule has 140 valence electrons. The van der Waals surface area contributed by atoms with Crippen molar-refractivity contribution in [2.45, 2.75) is 6.61 Å². The summed E-state index contributed by atoms with van der Waals surface area (Å²) in [5, 5.41) is 10.5. The highest BCUT2D eigenvalue weighted by atomic mass is 79.9. The molecular formula is C20H13BrFN3O2S. The third-order valence-corrected chi connectivity index (χ3v) is 5.50. The molecule has 5 nitrogen and oxygen atoms in total. The van der Waals surface area contributed by atoms with Crippen molar-refractivity contribution in [1.29, 1.82) is 5.41 Å². The highest BCUT2D eigenvalue weighted by Crippen LogP contribution is 2.30. The molecule has 0 aliphatic carbocycles. The monoisotopic (exact) mass is 457 g/mol. The van der Waals surface area contributed by atoms with E-state index in [2.05, 4.69) is 20.9 Å². The van der Waals surface area contributed by atoms with Gasteiger partial charge in [-0.3, -0.25) is 15.1 Å². The maximum atomic E-state index is 13.7. The first-order valence-corrected chi connectivity index (χ1v) is 9.92. The third kappa shape index (κ3) is 3.65. The Morgan fingerprint density at radius 3 is 2.89 bits per heavy atom. The van der Waals surface area contributed by atoms with Gasteiger partial charge in [-0.05, 0) is 51.2 Å². The predicted molar refractivity (Wildman–Crippen MR) is 112 cm³/mol. The van der Waals surface area contributed by atoms with Crippen LogP contribution in [0.15, 0.2) is 69.1 Å². The number of nitrogens with zero attached hydrogens (tertiary/aromatic N) is 2. The van der Waals surface area contributed by atoms with Crippen molar-refractivity contribution >= 4 is 50.7 Å². The Labute approximate surface area is 173 Å². The summed E-state index contributed by atoms with van der Waals surface area (Å²) in [6.45, 7) is 0.102. The highest BCUT2D eigenvalue weighted by molar-refractivity contribution is 9.10. The van der Waals surface area contributed by atoms with Crippen molar-refractivity contribution in [3.8, 4) is 5.75 Å². The number of hydrogen-bond donors (Lipinski definition) is 1. The number of nitrogens with one attached hydrogen (secondary N) is 1. The van der Waals surface area contributed by atoms with Crippen molar-refractivity contribution in [3.05, 3.63) is 81.1 Å². The van der Waals surface area contributed by atoms with Crippen molar-refractivity contribution < 1.29 is 13.9 Å². The lowest BCUT2D eigenvalue weighted by molar-refractivity contribution is -0.114. The lowest BCUT2D eigenvalue weighted by Gasteiger charge is -2.22. The number of ether oxygens (including phenoxy) is 1. The molecule has 2 heterocycles. The van der Waals surface area contributed by atoms with E-state index in [9.17, 15) is 9.18 Å². The Bertz CT molecular complexity index is 1080. The van der Waals surface area contributed by atoms with Crippen LogP contribution in [0, 0.1) is 11.2 Å². The summed E-state index contributed by atoms with van der Waals surface area (Å²) in [4.78, 5) is 17.8. The standard InChI is InChI=1S/C20H13BrFN3O2S/c21-15-10-12(5-6-17(15)27-11-13-3-1-2-4-16(13)22)9-14-18(23)25-7-8-28-20(25)24-19(14)26/h1-10,23H,11H2. The molecule has 1 amide bonds. The van der Waals surface area contributed by atoms with Crippen LogP contribution in [0.25, 0.3) is 6.08 Å². The van der Waals surface area contributed by atoms with Gasteiger partial charge in [-0.15, -0.1) is 0 Å². The van der Waals surface area contributed by atoms with E-state index in [0.717, 1.165) is 0 Å². The van der Waals surface area contributed by atoms with E-state index in [4.69, 9.17) is 10.1 Å². The van der Waals surface area contributed by atoms with Crippen LogP contribution in [-0.2, 0) is 11.4 Å². The summed E-state index contributed by atoms with van der Waals surface area (Å²) in [6.07, 6.45) is 3.33. The number of aliphatic imine (C=N–C) groups is 1. The summed E-state index contributed by atoms with van der Waals surface area (Å²) < 4.78 is 20.1. The second kappa shape index (κ2) is 7.73. The summed E-state index contributed by atoms with van der Waals surface area (Å²) in [5.74, 6) is -0.117. The van der Waals surface area contributed by atoms with Crippen LogP contribution in [0.4, 0.5) is 4.39 Å². The number of amides is 1. The van der Waals surface area contributed by atoms with Crippen LogP contribution in [0.1, 0.15) is 11.1 Å². The third-order valence-electron chi connectivity index (χ3n) is 4.12. The molecule has 0 aromatic heterocycles. The van der Waals surface area contributed by atoms with E-state index < -0.39 is 5.91 Å². The topological polar surface area (TPSA) is 65.8 Å². The number of halogens is 2. The Morgan fingerprint density at radius 2 is 2.11 bits per heavy atom. The van der Waals surface area contributed by atoms with Crippen LogP contribution < -0.4 is 4.74 Å². The molecule has 28 heavy (non-hydrogen) atoms. The summed E-state index contributed by atoms with van der Waals surface area (Å²) in [5.41, 5.74) is 1.39. The van der Waals surface area contributed by atoms with Gasteiger partial charge in [0, 0.05) is 11.8 Å². The van der Waals surface area contributed by atoms with Gasteiger partial charge in [0.05, 0.1) is 10.0 Å². The maximum absolute atomic E-state index is 13.7. The first-order valence-electron chi connectivity index (χ1n) is 8.25. The molecule has 2 aliphatic rings. The molecule has 2 aliphatic heterocycles. The number of benzene rings is 2. The van der Waals surface area contributed by atoms with Crippen LogP contribution in [0.2, 0.25) is 0 Å². The lowest BCUT2D eigenvalue weighted by atomic mass is 10.1. The summed E-state index contributed by atoms with van der Waals surface area (Å²) >= 11 is 4.75. The normalized spacial score (nSPS) is 17.1. The lowest BCUT2D eigenvalue weighted by Crippen LogP contribution is -2.35. The molecule has 0 saturated carbocycles. The molecule has 0 bridgehead atoms. The van der Waals surface area contributed by atoms with Crippen LogP contribution in [0.3, 0.4) is 0 Å². The minimum Gasteiger partial charge on any atom is -0.488 e. The fourth-order valence-corrected chi connectivity index (χ4v) is 3.91. The first kappa shape index (κ1) is 18.6. The molecule has 0 radical (unpaired) electrons. The van der Waals surface area contributed by atoms with E-state index in [1.807, 2.05) is 0 Å². The number of fused-ring (bicyclic) bond motifs is 1. The van der Waals surface area contributed by atoms with E-state index in [-0.39, 0.29) is 23.8 Å². The molecule has 1 N–H and O–H groups in total. The van der Waals surface area contributed by atoms with Crippen LogP contribution in [0.5, 0.6) is 5.75 Å². The maximum Gasteiger partial charge on any atom is 0.283 e. The average Bonchev–Trinajstić information content (AvgIpc) is 3.14. The van der Waals surface area contributed by atoms with E-state index in [0.29, 0.717) is 26.5 Å². The van der Waals surface area contributed by atoms with Gasteiger partial charge in [-0.25, -0.2) is 4.39 Å². The smallest absolute Gasteiger partial charge is 0.283 e. The number of rotatable bonds is 4. The molecular weight excluding hydrogens is 445 g/mol. The van der Waals surface area contributed by atoms with Crippen LogP contribution >= 0.6 is 27.7 Å². The Morgan fingerprint density at radius 1 is 1.29 bits per heavy atom. The SMILES string of the molecule is N=C1C(=Cc2ccc(OCc3ccccc3F)c(Br)c2)C(=O)N=C2SC=CN12. The van der Waals surface area contributed by atoms with E-state index in [1.165, 1.54) is 17.8 Å². The zero-order chi connectivity index (χ0) is 19.7. The number of hydrogen-bond acceptors (Lipinski definition) is 4. The van der Waals surface area contributed by atoms with Crippen molar-refractivity contribution in [2.75, 3.05) is 0 Å². The number of amidine groups is 2. The number of carbonyl (C=O) groups is 1. The molecule has 0 spiro atoms. The van der Waals surface area contributed by atoms with Gasteiger partial charge in [0.1, 0.15) is 24.0 Å². The Balaban J connectivity index is 1.54. The Kier molecular flexibility index (Phi) is 5.15. The molecule has 0 unspecified atom stereocenters. The molecule has 2 aromatic carbocycles. The van der Waals surface area contributed by atoms with Gasteiger partial charge in [-0.2, -0.15) is 4.99 Å². The second-order valence-electron chi connectivity index (χ2n) is 5.95. The average molecular weight is 458 g/mol. The quantitative estimate of drug-likeness (QED) is 0.659. The van der Waals surface area contributed by atoms with Gasteiger partial charge in [0.25, 0.3) is 5.91 Å². The zero-order valence-electron chi connectivity index (χ0n) is 14.4. The van der Waals surface area contributed by atoms with Crippen LogP contribution in [-0.4, -0.2) is 21.8 Å². The minimum atomic E-state index is -0.441. The second-order valence-corrected chi connectivity index (χ2v) is 7.68. The largest absolute Gasteiger partial charge is 0.488 e.